The summed E-state index contributed by atoms with van der Waals surface area (Å²) in [5.74, 6) is -1.38. The molecule has 1 heterocycles. The summed E-state index contributed by atoms with van der Waals surface area (Å²) >= 11 is 0. The molecule has 1 aromatic rings. The van der Waals surface area contributed by atoms with Crippen molar-refractivity contribution in [2.24, 2.45) is 0 Å². The quantitative estimate of drug-likeness (QED) is 0.819. The summed E-state index contributed by atoms with van der Waals surface area (Å²) < 4.78 is 0. The fourth-order valence-electron chi connectivity index (χ4n) is 1.90. The fraction of sp³-hybridized carbons (Fsp3) is 0.333. The molecule has 1 N–H and O–H groups in total. The van der Waals surface area contributed by atoms with E-state index in [-0.39, 0.29) is 5.91 Å². The summed E-state index contributed by atoms with van der Waals surface area (Å²) in [6.45, 7) is 2.21. The number of carboxylic acids is 1. The summed E-state index contributed by atoms with van der Waals surface area (Å²) in [7, 11) is 1.74. The van der Waals surface area contributed by atoms with E-state index in [9.17, 15) is 9.59 Å². The van der Waals surface area contributed by atoms with Crippen molar-refractivity contribution in [1.82, 2.24) is 4.90 Å². The molecule has 1 aromatic carbocycles. The number of amides is 1. The minimum Gasteiger partial charge on any atom is -0.481 e. The van der Waals surface area contributed by atoms with Crippen LogP contribution in [-0.2, 0) is 11.3 Å². The minimum atomic E-state index is -0.849. The first kappa shape index (κ1) is 10.7. The Morgan fingerprint density at radius 2 is 2.19 bits per heavy atom. The highest BCUT2D eigenvalue weighted by Crippen LogP contribution is 2.25. The van der Waals surface area contributed by atoms with Gasteiger partial charge in [0, 0.05) is 19.2 Å². The Kier molecular flexibility index (Phi) is 2.42. The van der Waals surface area contributed by atoms with Gasteiger partial charge in [-0.15, -0.1) is 0 Å². The lowest BCUT2D eigenvalue weighted by molar-refractivity contribution is -0.138. The van der Waals surface area contributed by atoms with Gasteiger partial charge in [0.1, 0.15) is 0 Å². The first-order valence-corrected chi connectivity index (χ1v) is 5.12. The average Bonchev–Trinajstić information content (AvgIpc) is 2.53. The predicted molar refractivity (Wildman–Crippen MR) is 58.3 cm³/mol. The Labute approximate surface area is 93.5 Å². The van der Waals surface area contributed by atoms with E-state index in [2.05, 4.69) is 0 Å². The number of hydrogen-bond donors (Lipinski definition) is 1. The number of hydrogen-bond acceptors (Lipinski definition) is 2. The molecule has 0 aromatic heterocycles. The molecule has 0 bridgehead atoms. The van der Waals surface area contributed by atoms with E-state index in [0.717, 1.165) is 11.1 Å². The topological polar surface area (TPSA) is 57.6 Å². The number of rotatable bonds is 2. The number of nitrogens with zero attached hydrogens (tertiary/aromatic N) is 1. The molecular weight excluding hydrogens is 206 g/mol. The predicted octanol–water partition coefficient (Wildman–Crippen LogP) is 1.46. The molecule has 4 nitrogen and oxygen atoms in total. The number of carbonyl (C=O) groups is 2. The third-order valence-corrected chi connectivity index (χ3v) is 2.98. The second-order valence-electron chi connectivity index (χ2n) is 4.14. The molecule has 0 saturated carbocycles. The normalized spacial score (nSPS) is 16.1. The van der Waals surface area contributed by atoms with E-state index in [0.29, 0.717) is 12.1 Å². The summed E-state index contributed by atoms with van der Waals surface area (Å²) in [5.41, 5.74) is 2.34. The van der Waals surface area contributed by atoms with E-state index in [1.165, 1.54) is 0 Å². The molecule has 1 amide bonds. The van der Waals surface area contributed by atoms with Crippen molar-refractivity contribution in [3.05, 3.63) is 34.9 Å². The second-order valence-corrected chi connectivity index (χ2v) is 4.14. The fourth-order valence-corrected chi connectivity index (χ4v) is 1.90. The highest BCUT2D eigenvalue weighted by Gasteiger charge is 2.25. The maximum atomic E-state index is 11.6. The van der Waals surface area contributed by atoms with Gasteiger partial charge in [-0.25, -0.2) is 0 Å². The summed E-state index contributed by atoms with van der Waals surface area (Å²) in [6.07, 6.45) is 0. The van der Waals surface area contributed by atoms with Crippen LogP contribution in [0.4, 0.5) is 0 Å². The summed E-state index contributed by atoms with van der Waals surface area (Å²) in [4.78, 5) is 24.1. The van der Waals surface area contributed by atoms with Crippen LogP contribution in [0.3, 0.4) is 0 Å². The molecule has 1 aliphatic heterocycles. The van der Waals surface area contributed by atoms with Crippen LogP contribution in [0.5, 0.6) is 0 Å². The van der Waals surface area contributed by atoms with Crippen LogP contribution in [0.1, 0.15) is 34.3 Å². The SMILES string of the molecule is CC(C(=O)O)c1ccc2c(c1)CN(C)C2=O. The molecule has 2 rings (SSSR count). The van der Waals surface area contributed by atoms with Crippen molar-refractivity contribution in [3.63, 3.8) is 0 Å². The van der Waals surface area contributed by atoms with Crippen molar-refractivity contribution in [1.29, 1.82) is 0 Å². The lowest BCUT2D eigenvalue weighted by atomic mass is 9.97. The molecule has 4 heteroatoms. The zero-order valence-electron chi connectivity index (χ0n) is 9.23. The van der Waals surface area contributed by atoms with Crippen molar-refractivity contribution in [3.8, 4) is 0 Å². The Hall–Kier alpha value is -1.84. The number of aliphatic carboxylic acids is 1. The van der Waals surface area contributed by atoms with E-state index >= 15 is 0 Å². The van der Waals surface area contributed by atoms with Gasteiger partial charge < -0.3 is 10.0 Å². The highest BCUT2D eigenvalue weighted by molar-refractivity contribution is 5.98. The van der Waals surface area contributed by atoms with Gasteiger partial charge in [-0.3, -0.25) is 9.59 Å². The van der Waals surface area contributed by atoms with E-state index < -0.39 is 11.9 Å². The molecule has 0 saturated heterocycles. The van der Waals surface area contributed by atoms with Crippen LogP contribution in [0.15, 0.2) is 18.2 Å². The first-order chi connectivity index (χ1) is 7.50. The zero-order chi connectivity index (χ0) is 11.9. The Morgan fingerprint density at radius 1 is 1.50 bits per heavy atom. The van der Waals surface area contributed by atoms with Gasteiger partial charge >= 0.3 is 5.97 Å². The van der Waals surface area contributed by atoms with E-state index in [1.54, 1.807) is 31.0 Å². The van der Waals surface area contributed by atoms with Gasteiger partial charge in [-0.1, -0.05) is 12.1 Å². The molecule has 0 radical (unpaired) electrons. The maximum Gasteiger partial charge on any atom is 0.310 e. The number of carbonyl (C=O) groups excluding carboxylic acids is 1. The molecule has 1 atom stereocenters. The van der Waals surface area contributed by atoms with Crippen molar-refractivity contribution >= 4 is 11.9 Å². The van der Waals surface area contributed by atoms with Crippen molar-refractivity contribution in [2.75, 3.05) is 7.05 Å². The van der Waals surface area contributed by atoms with Gasteiger partial charge in [0.25, 0.3) is 5.91 Å². The zero-order valence-corrected chi connectivity index (χ0v) is 9.23. The van der Waals surface area contributed by atoms with Gasteiger partial charge in [-0.05, 0) is 24.1 Å². The van der Waals surface area contributed by atoms with Crippen LogP contribution < -0.4 is 0 Å². The molecule has 0 aliphatic carbocycles. The van der Waals surface area contributed by atoms with Gasteiger partial charge in [0.05, 0.1) is 5.92 Å². The van der Waals surface area contributed by atoms with Crippen LogP contribution in [-0.4, -0.2) is 28.9 Å². The van der Waals surface area contributed by atoms with Crippen LogP contribution in [0.2, 0.25) is 0 Å². The third-order valence-electron chi connectivity index (χ3n) is 2.98. The molecular formula is C12H13NO3. The molecule has 84 valence electrons. The van der Waals surface area contributed by atoms with Crippen LogP contribution in [0.25, 0.3) is 0 Å². The smallest absolute Gasteiger partial charge is 0.310 e. The maximum absolute atomic E-state index is 11.6. The van der Waals surface area contributed by atoms with Crippen molar-refractivity contribution in [2.45, 2.75) is 19.4 Å². The van der Waals surface area contributed by atoms with Crippen LogP contribution in [0, 0.1) is 0 Å². The highest BCUT2D eigenvalue weighted by atomic mass is 16.4. The van der Waals surface area contributed by atoms with E-state index in [4.69, 9.17) is 5.11 Å². The standard InChI is InChI=1S/C12H13NO3/c1-7(12(15)16)8-3-4-10-9(5-8)6-13(2)11(10)14/h3-5,7H,6H2,1-2H3,(H,15,16). The number of benzene rings is 1. The number of fused-ring (bicyclic) bond motifs is 1. The minimum absolute atomic E-state index is 0.00419. The van der Waals surface area contributed by atoms with Crippen LogP contribution >= 0.6 is 0 Å². The van der Waals surface area contributed by atoms with Crippen molar-refractivity contribution < 1.29 is 14.7 Å². The molecule has 1 unspecified atom stereocenters. The summed E-state index contributed by atoms with van der Waals surface area (Å²) in [5, 5.41) is 8.91. The monoisotopic (exact) mass is 219 g/mol. The molecule has 16 heavy (non-hydrogen) atoms. The largest absolute Gasteiger partial charge is 0.481 e. The second kappa shape index (κ2) is 3.63. The molecule has 1 aliphatic rings. The third kappa shape index (κ3) is 1.56. The summed E-state index contributed by atoms with van der Waals surface area (Å²) in [6, 6.07) is 5.25. The molecule has 0 spiro atoms. The number of carboxylic acid groups (broad SMARTS) is 1. The Balaban J connectivity index is 2.39. The lowest BCUT2D eigenvalue weighted by Gasteiger charge is -2.07. The average molecular weight is 219 g/mol. The van der Waals surface area contributed by atoms with E-state index in [1.807, 2.05) is 6.07 Å². The first-order valence-electron chi connectivity index (χ1n) is 5.12. The Morgan fingerprint density at radius 3 is 2.81 bits per heavy atom. The molecule has 0 fully saturated rings. The lowest BCUT2D eigenvalue weighted by Crippen LogP contribution is -2.17. The van der Waals surface area contributed by atoms with Gasteiger partial charge in [0.15, 0.2) is 0 Å². The van der Waals surface area contributed by atoms with Gasteiger partial charge in [0.2, 0.25) is 0 Å². The van der Waals surface area contributed by atoms with Gasteiger partial charge in [-0.2, -0.15) is 0 Å². The Bertz CT molecular complexity index is 467.